The minimum absolute atomic E-state index is 0.0170. The van der Waals surface area contributed by atoms with Gasteiger partial charge in [0.25, 0.3) is 0 Å². The van der Waals surface area contributed by atoms with Gasteiger partial charge in [-0.3, -0.25) is 9.69 Å². The van der Waals surface area contributed by atoms with Crippen LogP contribution in [0.2, 0.25) is 5.02 Å². The van der Waals surface area contributed by atoms with Gasteiger partial charge in [0, 0.05) is 23.8 Å². The first-order valence-electron chi connectivity index (χ1n) is 6.88. The Bertz CT molecular complexity index is 483. The molecular weight excluding hydrogens is 276 g/mol. The maximum Gasteiger partial charge on any atom is 0.238 e. The van der Waals surface area contributed by atoms with Gasteiger partial charge in [0.05, 0.1) is 18.8 Å². The number of nitrogens with zero attached hydrogens (tertiary/aromatic N) is 1. The molecule has 2 atom stereocenters. The van der Waals surface area contributed by atoms with E-state index in [2.05, 4.69) is 10.2 Å². The molecule has 0 bridgehead atoms. The molecule has 0 saturated carbocycles. The second-order valence-corrected chi connectivity index (χ2v) is 5.90. The summed E-state index contributed by atoms with van der Waals surface area (Å²) in [6.07, 6.45) is 0.332. The smallest absolute Gasteiger partial charge is 0.238 e. The van der Waals surface area contributed by atoms with Crippen molar-refractivity contribution in [3.63, 3.8) is 0 Å². The Morgan fingerprint density at radius 1 is 1.40 bits per heavy atom. The van der Waals surface area contributed by atoms with Gasteiger partial charge in [0.1, 0.15) is 0 Å². The zero-order valence-electron chi connectivity index (χ0n) is 12.1. The molecule has 1 aromatic carbocycles. The first-order chi connectivity index (χ1) is 9.44. The third kappa shape index (κ3) is 4.20. The molecular formula is C15H21ClN2O2. The summed E-state index contributed by atoms with van der Waals surface area (Å²) in [5, 5.41) is 3.55. The van der Waals surface area contributed by atoms with Crippen molar-refractivity contribution in [3.05, 3.63) is 28.8 Å². The Labute approximate surface area is 125 Å². The molecule has 1 aromatic rings. The Morgan fingerprint density at radius 3 is 2.70 bits per heavy atom. The SMILES string of the molecule is Cc1ccc(Cl)cc1NC(=O)CN1C[C@@H](C)O[C@H](C)C1. The summed E-state index contributed by atoms with van der Waals surface area (Å²) in [6.45, 7) is 7.96. The quantitative estimate of drug-likeness (QED) is 0.932. The number of aryl methyl sites for hydroxylation is 1. The maximum absolute atomic E-state index is 12.1. The number of hydrogen-bond acceptors (Lipinski definition) is 3. The number of hydrogen-bond donors (Lipinski definition) is 1. The van der Waals surface area contributed by atoms with Gasteiger partial charge in [-0.15, -0.1) is 0 Å². The lowest BCUT2D eigenvalue weighted by molar-refractivity contribution is -0.121. The number of anilines is 1. The molecule has 0 unspecified atom stereocenters. The highest BCUT2D eigenvalue weighted by Crippen LogP contribution is 2.20. The van der Waals surface area contributed by atoms with Gasteiger partial charge in [-0.1, -0.05) is 17.7 Å². The number of rotatable bonds is 3. The van der Waals surface area contributed by atoms with Crippen LogP contribution in [0.3, 0.4) is 0 Å². The lowest BCUT2D eigenvalue weighted by atomic mass is 10.2. The highest BCUT2D eigenvalue weighted by molar-refractivity contribution is 6.31. The van der Waals surface area contributed by atoms with E-state index in [4.69, 9.17) is 16.3 Å². The standard InChI is InChI=1S/C15H21ClN2O2/c1-10-4-5-13(16)6-14(10)17-15(19)9-18-7-11(2)20-12(3)8-18/h4-6,11-12H,7-9H2,1-3H3,(H,17,19)/t11-,12-/m1/s1. The van der Waals surface area contributed by atoms with Crippen LogP contribution in [-0.2, 0) is 9.53 Å². The number of amides is 1. The van der Waals surface area contributed by atoms with E-state index in [-0.39, 0.29) is 18.1 Å². The fraction of sp³-hybridized carbons (Fsp3) is 0.533. The topological polar surface area (TPSA) is 41.6 Å². The van der Waals surface area contributed by atoms with E-state index in [1.54, 1.807) is 6.07 Å². The van der Waals surface area contributed by atoms with Crippen molar-refractivity contribution in [2.75, 3.05) is 25.0 Å². The molecule has 110 valence electrons. The van der Waals surface area contributed by atoms with Crippen LogP contribution >= 0.6 is 11.6 Å². The Kier molecular flexibility index (Phi) is 5.02. The fourth-order valence-corrected chi connectivity index (χ4v) is 2.71. The van der Waals surface area contributed by atoms with Gasteiger partial charge in [-0.25, -0.2) is 0 Å². The largest absolute Gasteiger partial charge is 0.373 e. The summed E-state index contributed by atoms with van der Waals surface area (Å²) in [4.78, 5) is 14.2. The molecule has 1 aliphatic heterocycles. The molecule has 20 heavy (non-hydrogen) atoms. The van der Waals surface area contributed by atoms with E-state index in [1.807, 2.05) is 32.9 Å². The van der Waals surface area contributed by atoms with Gasteiger partial charge in [-0.05, 0) is 38.5 Å². The van der Waals surface area contributed by atoms with Gasteiger partial charge in [0.2, 0.25) is 5.91 Å². The zero-order valence-corrected chi connectivity index (χ0v) is 12.9. The number of halogens is 1. The van der Waals surface area contributed by atoms with E-state index >= 15 is 0 Å². The van der Waals surface area contributed by atoms with E-state index < -0.39 is 0 Å². The second-order valence-electron chi connectivity index (χ2n) is 5.46. The maximum atomic E-state index is 12.1. The lowest BCUT2D eigenvalue weighted by Crippen LogP contribution is -2.48. The van der Waals surface area contributed by atoms with Crippen LogP contribution in [0.4, 0.5) is 5.69 Å². The Balaban J connectivity index is 1.93. The summed E-state index contributed by atoms with van der Waals surface area (Å²) in [5.74, 6) is -0.0170. The minimum Gasteiger partial charge on any atom is -0.373 e. The normalized spacial score (nSPS) is 23.6. The van der Waals surface area contributed by atoms with Crippen molar-refractivity contribution in [3.8, 4) is 0 Å². The molecule has 0 radical (unpaired) electrons. The number of carbonyl (C=O) groups is 1. The van der Waals surface area contributed by atoms with Crippen LogP contribution in [0.5, 0.6) is 0 Å². The third-order valence-corrected chi connectivity index (χ3v) is 3.57. The number of benzene rings is 1. The Hall–Kier alpha value is -1.10. The summed E-state index contributed by atoms with van der Waals surface area (Å²) in [7, 11) is 0. The van der Waals surface area contributed by atoms with Crippen molar-refractivity contribution in [1.82, 2.24) is 4.90 Å². The van der Waals surface area contributed by atoms with E-state index in [9.17, 15) is 4.79 Å². The predicted molar refractivity (Wildman–Crippen MR) is 81.3 cm³/mol. The summed E-state index contributed by atoms with van der Waals surface area (Å²) < 4.78 is 5.66. The molecule has 1 N–H and O–H groups in total. The van der Waals surface area contributed by atoms with Crippen LogP contribution < -0.4 is 5.32 Å². The van der Waals surface area contributed by atoms with Gasteiger partial charge < -0.3 is 10.1 Å². The van der Waals surface area contributed by atoms with Crippen LogP contribution in [0.1, 0.15) is 19.4 Å². The average molecular weight is 297 g/mol. The van der Waals surface area contributed by atoms with Crippen LogP contribution in [-0.4, -0.2) is 42.6 Å². The minimum atomic E-state index is -0.0170. The molecule has 4 nitrogen and oxygen atoms in total. The summed E-state index contributed by atoms with van der Waals surface area (Å²) >= 11 is 5.95. The highest BCUT2D eigenvalue weighted by atomic mass is 35.5. The van der Waals surface area contributed by atoms with E-state index in [0.717, 1.165) is 24.3 Å². The first-order valence-corrected chi connectivity index (χ1v) is 7.25. The molecule has 2 rings (SSSR count). The van der Waals surface area contributed by atoms with E-state index in [1.165, 1.54) is 0 Å². The van der Waals surface area contributed by atoms with Crippen molar-refractivity contribution < 1.29 is 9.53 Å². The molecule has 0 aromatic heterocycles. The summed E-state index contributed by atoms with van der Waals surface area (Å²) in [5.41, 5.74) is 1.78. The van der Waals surface area contributed by atoms with Crippen molar-refractivity contribution in [2.24, 2.45) is 0 Å². The highest BCUT2D eigenvalue weighted by Gasteiger charge is 2.23. The van der Waals surface area contributed by atoms with Crippen molar-refractivity contribution in [1.29, 1.82) is 0 Å². The number of nitrogens with one attached hydrogen (secondary N) is 1. The number of carbonyl (C=O) groups excluding carboxylic acids is 1. The van der Waals surface area contributed by atoms with Gasteiger partial charge in [-0.2, -0.15) is 0 Å². The van der Waals surface area contributed by atoms with Crippen LogP contribution in [0.25, 0.3) is 0 Å². The van der Waals surface area contributed by atoms with Crippen LogP contribution in [0.15, 0.2) is 18.2 Å². The molecule has 1 aliphatic rings. The first kappa shape index (κ1) is 15.3. The van der Waals surface area contributed by atoms with Crippen molar-refractivity contribution >= 4 is 23.2 Å². The molecule has 1 heterocycles. The Morgan fingerprint density at radius 2 is 2.05 bits per heavy atom. The molecule has 5 heteroatoms. The second kappa shape index (κ2) is 6.57. The average Bonchev–Trinajstić information content (AvgIpc) is 2.32. The summed E-state index contributed by atoms with van der Waals surface area (Å²) in [6, 6.07) is 5.49. The van der Waals surface area contributed by atoms with Crippen LogP contribution in [0, 0.1) is 6.92 Å². The molecule has 0 aliphatic carbocycles. The van der Waals surface area contributed by atoms with Gasteiger partial charge >= 0.3 is 0 Å². The molecule has 0 spiro atoms. The lowest BCUT2D eigenvalue weighted by Gasteiger charge is -2.34. The van der Waals surface area contributed by atoms with E-state index in [0.29, 0.717) is 11.6 Å². The molecule has 1 fully saturated rings. The van der Waals surface area contributed by atoms with Crippen molar-refractivity contribution in [2.45, 2.75) is 33.0 Å². The number of morpholine rings is 1. The fourth-order valence-electron chi connectivity index (χ4n) is 2.54. The predicted octanol–water partition coefficient (Wildman–Crippen LogP) is 2.70. The molecule has 1 amide bonds. The third-order valence-electron chi connectivity index (χ3n) is 3.34. The number of ether oxygens (including phenoxy) is 1. The monoisotopic (exact) mass is 296 g/mol. The zero-order chi connectivity index (χ0) is 14.7. The van der Waals surface area contributed by atoms with Gasteiger partial charge in [0.15, 0.2) is 0 Å². The molecule has 1 saturated heterocycles.